The highest BCUT2D eigenvalue weighted by Gasteiger charge is 2.23. The Morgan fingerprint density at radius 3 is 2.86 bits per heavy atom. The van der Waals surface area contributed by atoms with Crippen LogP contribution in [0.25, 0.3) is 0 Å². The minimum atomic E-state index is -3.42. The molecular formula is C13H17ClN2O4S. The van der Waals surface area contributed by atoms with Crippen molar-refractivity contribution >= 4 is 38.9 Å². The predicted octanol–water partition coefficient (Wildman–Crippen LogP) is 2.17. The molecule has 2 N–H and O–H groups in total. The van der Waals surface area contributed by atoms with Crippen LogP contribution in [-0.2, 0) is 14.8 Å². The topological polar surface area (TPSA) is 84.5 Å². The van der Waals surface area contributed by atoms with E-state index in [0.29, 0.717) is 35.8 Å². The first-order chi connectivity index (χ1) is 9.91. The molecule has 1 aromatic rings. The van der Waals surface area contributed by atoms with Gasteiger partial charge in [-0.05, 0) is 38.0 Å². The molecule has 1 aromatic carbocycles. The lowest BCUT2D eigenvalue weighted by Crippen LogP contribution is -2.34. The molecule has 1 amide bonds. The quantitative estimate of drug-likeness (QED) is 0.617. The number of halogens is 1. The number of carbonyl (C=O) groups is 1. The van der Waals surface area contributed by atoms with Gasteiger partial charge >= 0.3 is 0 Å². The first kappa shape index (κ1) is 15.9. The number of amides is 1. The molecule has 0 fully saturated rings. The van der Waals surface area contributed by atoms with Gasteiger partial charge in [-0.2, -0.15) is 0 Å². The van der Waals surface area contributed by atoms with Crippen LogP contribution in [0.2, 0.25) is 0 Å². The zero-order valence-electron chi connectivity index (χ0n) is 11.6. The lowest BCUT2D eigenvalue weighted by molar-refractivity contribution is -0.122. The van der Waals surface area contributed by atoms with Crippen LogP contribution in [0.1, 0.15) is 19.8 Å². The Morgan fingerprint density at radius 2 is 2.14 bits per heavy atom. The summed E-state index contributed by atoms with van der Waals surface area (Å²) in [4.78, 5) is 11.5. The zero-order valence-corrected chi connectivity index (χ0v) is 13.1. The summed E-state index contributed by atoms with van der Waals surface area (Å²) in [5.41, 5.74) is 0.845. The van der Waals surface area contributed by atoms with Crippen molar-refractivity contribution in [1.82, 2.24) is 0 Å². The minimum absolute atomic E-state index is 0.0106. The van der Waals surface area contributed by atoms with E-state index in [1.807, 2.05) is 0 Å². The summed E-state index contributed by atoms with van der Waals surface area (Å²) in [5, 5.41) is 2.67. The van der Waals surface area contributed by atoms with E-state index in [4.69, 9.17) is 16.3 Å². The maximum atomic E-state index is 11.9. The first-order valence-corrected chi connectivity index (χ1v) is 8.78. The van der Waals surface area contributed by atoms with Crippen molar-refractivity contribution < 1.29 is 17.9 Å². The number of benzene rings is 1. The Morgan fingerprint density at radius 1 is 1.38 bits per heavy atom. The number of ether oxygens (including phenoxy) is 1. The summed E-state index contributed by atoms with van der Waals surface area (Å²) in [6, 6.07) is 4.77. The molecule has 1 aliphatic rings. The number of rotatable bonds is 6. The zero-order chi connectivity index (χ0) is 15.5. The van der Waals surface area contributed by atoms with Gasteiger partial charge in [-0.25, -0.2) is 8.42 Å². The van der Waals surface area contributed by atoms with E-state index < -0.39 is 16.1 Å². The molecule has 0 radical (unpaired) electrons. The Hall–Kier alpha value is -1.47. The molecule has 0 aromatic heterocycles. The number of nitrogens with one attached hydrogen (secondary N) is 2. The lowest BCUT2D eigenvalue weighted by Gasteiger charge is -2.23. The molecule has 0 aliphatic carbocycles. The Bertz CT molecular complexity index is 633. The van der Waals surface area contributed by atoms with Crippen molar-refractivity contribution in [1.29, 1.82) is 0 Å². The standard InChI is InChI=1S/C13H17ClN2O4S/c1-9-13(17)15-11-8-10(4-5-12(11)20-9)16-21(18,19)7-3-2-6-14/h4-5,8-9,16H,2-3,6-7H2,1H3,(H,15,17). The van der Waals surface area contributed by atoms with Crippen molar-refractivity contribution in [2.45, 2.75) is 25.9 Å². The molecule has 1 atom stereocenters. The molecule has 1 heterocycles. The molecule has 0 spiro atoms. The molecule has 1 aliphatic heterocycles. The molecule has 0 saturated carbocycles. The average molecular weight is 333 g/mol. The van der Waals surface area contributed by atoms with Gasteiger partial charge < -0.3 is 10.1 Å². The normalized spacial score (nSPS) is 17.6. The highest BCUT2D eigenvalue weighted by molar-refractivity contribution is 7.92. The summed E-state index contributed by atoms with van der Waals surface area (Å²) < 4.78 is 31.7. The number of hydrogen-bond acceptors (Lipinski definition) is 4. The van der Waals surface area contributed by atoms with Crippen LogP contribution in [0, 0.1) is 0 Å². The smallest absolute Gasteiger partial charge is 0.265 e. The highest BCUT2D eigenvalue weighted by Crippen LogP contribution is 2.32. The molecule has 0 saturated heterocycles. The number of unbranched alkanes of at least 4 members (excludes halogenated alkanes) is 1. The van der Waals surface area contributed by atoms with E-state index in [2.05, 4.69) is 10.0 Å². The third-order valence-corrected chi connectivity index (χ3v) is 4.62. The highest BCUT2D eigenvalue weighted by atomic mass is 35.5. The van der Waals surface area contributed by atoms with Crippen LogP contribution < -0.4 is 14.8 Å². The van der Waals surface area contributed by atoms with Crippen LogP contribution in [0.5, 0.6) is 5.75 Å². The van der Waals surface area contributed by atoms with Gasteiger partial charge in [0.2, 0.25) is 10.0 Å². The number of carbonyl (C=O) groups excluding carboxylic acids is 1. The SMILES string of the molecule is CC1Oc2ccc(NS(=O)(=O)CCCCCl)cc2NC1=O. The van der Waals surface area contributed by atoms with Crippen LogP contribution in [0.3, 0.4) is 0 Å². The van der Waals surface area contributed by atoms with Crippen molar-refractivity contribution in [2.24, 2.45) is 0 Å². The van der Waals surface area contributed by atoms with Crippen LogP contribution in [0.15, 0.2) is 18.2 Å². The van der Waals surface area contributed by atoms with E-state index in [1.54, 1.807) is 19.1 Å². The maximum Gasteiger partial charge on any atom is 0.265 e. The van der Waals surface area contributed by atoms with Gasteiger partial charge in [0, 0.05) is 5.88 Å². The van der Waals surface area contributed by atoms with E-state index in [9.17, 15) is 13.2 Å². The molecule has 1 unspecified atom stereocenters. The first-order valence-electron chi connectivity index (χ1n) is 6.59. The van der Waals surface area contributed by atoms with Crippen LogP contribution in [-0.4, -0.2) is 32.1 Å². The van der Waals surface area contributed by atoms with Gasteiger partial charge in [-0.3, -0.25) is 9.52 Å². The monoisotopic (exact) mass is 332 g/mol. The second-order valence-electron chi connectivity index (χ2n) is 4.78. The van der Waals surface area contributed by atoms with Gasteiger partial charge in [0.25, 0.3) is 5.91 Å². The van der Waals surface area contributed by atoms with Gasteiger partial charge in [-0.1, -0.05) is 0 Å². The fraction of sp³-hybridized carbons (Fsp3) is 0.462. The molecule has 6 nitrogen and oxygen atoms in total. The van der Waals surface area contributed by atoms with Gasteiger partial charge in [0.1, 0.15) is 5.75 Å². The van der Waals surface area contributed by atoms with Crippen molar-refractivity contribution in [3.05, 3.63) is 18.2 Å². The Kier molecular flexibility index (Phi) is 4.95. The second kappa shape index (κ2) is 6.53. The molecule has 21 heavy (non-hydrogen) atoms. The molecular weight excluding hydrogens is 316 g/mol. The van der Waals surface area contributed by atoms with E-state index >= 15 is 0 Å². The largest absolute Gasteiger partial charge is 0.479 e. The summed E-state index contributed by atoms with van der Waals surface area (Å²) >= 11 is 5.53. The van der Waals surface area contributed by atoms with Crippen LogP contribution >= 0.6 is 11.6 Å². The fourth-order valence-electron chi connectivity index (χ4n) is 1.89. The van der Waals surface area contributed by atoms with E-state index in [1.165, 1.54) is 6.07 Å². The summed E-state index contributed by atoms with van der Waals surface area (Å²) in [6.07, 6.45) is 0.589. The molecule has 116 valence electrons. The number of hydrogen-bond donors (Lipinski definition) is 2. The molecule has 8 heteroatoms. The summed E-state index contributed by atoms with van der Waals surface area (Å²) in [6.45, 7) is 1.64. The Labute approximate surface area is 128 Å². The molecule has 0 bridgehead atoms. The number of sulfonamides is 1. The fourth-order valence-corrected chi connectivity index (χ4v) is 3.25. The van der Waals surface area contributed by atoms with Gasteiger partial charge in [0.05, 0.1) is 17.1 Å². The maximum absolute atomic E-state index is 11.9. The van der Waals surface area contributed by atoms with Crippen molar-refractivity contribution in [3.8, 4) is 5.75 Å². The summed E-state index contributed by atoms with van der Waals surface area (Å²) in [5.74, 6) is 0.712. The predicted molar refractivity (Wildman–Crippen MR) is 82.5 cm³/mol. The van der Waals surface area contributed by atoms with Crippen LogP contribution in [0.4, 0.5) is 11.4 Å². The van der Waals surface area contributed by atoms with Gasteiger partial charge in [0.15, 0.2) is 6.10 Å². The third kappa shape index (κ3) is 4.25. The third-order valence-electron chi connectivity index (χ3n) is 2.98. The van der Waals surface area contributed by atoms with E-state index in [-0.39, 0.29) is 11.7 Å². The van der Waals surface area contributed by atoms with Crippen molar-refractivity contribution in [2.75, 3.05) is 21.7 Å². The van der Waals surface area contributed by atoms with Crippen molar-refractivity contribution in [3.63, 3.8) is 0 Å². The van der Waals surface area contributed by atoms with E-state index in [0.717, 1.165) is 0 Å². The van der Waals surface area contributed by atoms with Gasteiger partial charge in [-0.15, -0.1) is 11.6 Å². The second-order valence-corrected chi connectivity index (χ2v) is 7.00. The lowest BCUT2D eigenvalue weighted by atomic mass is 10.2. The number of fused-ring (bicyclic) bond motifs is 1. The summed E-state index contributed by atoms with van der Waals surface area (Å²) in [7, 11) is -3.42. The molecule has 2 rings (SSSR count). The number of anilines is 2. The number of alkyl halides is 1. The minimum Gasteiger partial charge on any atom is -0.479 e. The average Bonchev–Trinajstić information content (AvgIpc) is 2.40. The Balaban J connectivity index is 2.09.